The Balaban J connectivity index is 2.13. The number of aromatic nitrogens is 1. The number of hydrogen-bond acceptors (Lipinski definition) is 2. The quantitative estimate of drug-likeness (QED) is 0.796. The van der Waals surface area contributed by atoms with E-state index in [0.29, 0.717) is 5.56 Å². The molecule has 0 aliphatic heterocycles. The van der Waals surface area contributed by atoms with E-state index in [1.165, 1.54) is 6.07 Å². The van der Waals surface area contributed by atoms with Gasteiger partial charge in [-0.2, -0.15) is 0 Å². The van der Waals surface area contributed by atoms with E-state index >= 15 is 0 Å². The number of amides is 1. The fraction of sp³-hybridized carbons (Fsp3) is 0.143. The molecule has 0 bridgehead atoms. The molecule has 1 atom stereocenters. The predicted octanol–water partition coefficient (Wildman–Crippen LogP) is 4.64. The number of hydrogen-bond donors (Lipinski definition) is 1. The van der Waals surface area contributed by atoms with Gasteiger partial charge in [0.1, 0.15) is 10.3 Å². The van der Waals surface area contributed by atoms with Gasteiger partial charge in [0.15, 0.2) is 0 Å². The first-order chi connectivity index (χ1) is 9.47. The SMILES string of the molecule is C[C@@H](NC(=O)c1ccc(Cl)nc1Cl)c1ccc(Br)cc1. The fourth-order valence-corrected chi connectivity index (χ4v) is 2.39. The summed E-state index contributed by atoms with van der Waals surface area (Å²) >= 11 is 15.0. The van der Waals surface area contributed by atoms with Gasteiger partial charge < -0.3 is 5.32 Å². The third-order valence-electron chi connectivity index (χ3n) is 2.78. The van der Waals surface area contributed by atoms with E-state index in [9.17, 15) is 4.79 Å². The predicted molar refractivity (Wildman–Crippen MR) is 84.3 cm³/mol. The number of carbonyl (C=O) groups excluding carboxylic acids is 1. The van der Waals surface area contributed by atoms with Crippen LogP contribution in [0.3, 0.4) is 0 Å². The average molecular weight is 374 g/mol. The van der Waals surface area contributed by atoms with Crippen LogP contribution in [0.15, 0.2) is 40.9 Å². The third-order valence-corrected chi connectivity index (χ3v) is 3.80. The highest BCUT2D eigenvalue weighted by atomic mass is 79.9. The maximum absolute atomic E-state index is 12.1. The summed E-state index contributed by atoms with van der Waals surface area (Å²) < 4.78 is 0.990. The van der Waals surface area contributed by atoms with Gasteiger partial charge in [0.2, 0.25) is 0 Å². The van der Waals surface area contributed by atoms with Crippen LogP contribution in [0, 0.1) is 0 Å². The van der Waals surface area contributed by atoms with Crippen molar-refractivity contribution >= 4 is 45.0 Å². The van der Waals surface area contributed by atoms with Crippen molar-refractivity contribution in [3.8, 4) is 0 Å². The molecule has 0 fully saturated rings. The highest BCUT2D eigenvalue weighted by molar-refractivity contribution is 9.10. The van der Waals surface area contributed by atoms with Gasteiger partial charge in [-0.25, -0.2) is 4.98 Å². The van der Waals surface area contributed by atoms with Crippen molar-refractivity contribution < 1.29 is 4.79 Å². The van der Waals surface area contributed by atoms with Crippen LogP contribution in [0.1, 0.15) is 28.9 Å². The van der Waals surface area contributed by atoms with Gasteiger partial charge in [0.05, 0.1) is 11.6 Å². The standard InChI is InChI=1S/C14H11BrCl2N2O/c1-8(9-2-4-10(15)5-3-9)18-14(20)11-6-7-12(16)19-13(11)17/h2-8H,1H3,(H,18,20)/t8-/m1/s1. The van der Waals surface area contributed by atoms with Gasteiger partial charge in [-0.3, -0.25) is 4.79 Å². The Morgan fingerprint density at radius 1 is 1.20 bits per heavy atom. The molecule has 1 aromatic carbocycles. The summed E-state index contributed by atoms with van der Waals surface area (Å²) in [7, 11) is 0. The highest BCUT2D eigenvalue weighted by Gasteiger charge is 2.15. The van der Waals surface area contributed by atoms with Gasteiger partial charge in [-0.05, 0) is 36.8 Å². The van der Waals surface area contributed by atoms with E-state index < -0.39 is 0 Å². The lowest BCUT2D eigenvalue weighted by molar-refractivity contribution is 0.0939. The summed E-state index contributed by atoms with van der Waals surface area (Å²) in [6.45, 7) is 1.90. The van der Waals surface area contributed by atoms with Gasteiger partial charge >= 0.3 is 0 Å². The zero-order valence-electron chi connectivity index (χ0n) is 10.5. The molecule has 6 heteroatoms. The van der Waals surface area contributed by atoms with Crippen molar-refractivity contribution in [3.63, 3.8) is 0 Å². The number of nitrogens with zero attached hydrogens (tertiary/aromatic N) is 1. The first kappa shape index (κ1) is 15.3. The first-order valence-electron chi connectivity index (χ1n) is 5.86. The number of benzene rings is 1. The maximum Gasteiger partial charge on any atom is 0.254 e. The van der Waals surface area contributed by atoms with Gasteiger partial charge in [0.25, 0.3) is 5.91 Å². The summed E-state index contributed by atoms with van der Waals surface area (Å²) in [6, 6.07) is 10.7. The molecule has 20 heavy (non-hydrogen) atoms. The molecule has 2 aromatic rings. The number of halogens is 3. The zero-order chi connectivity index (χ0) is 14.7. The minimum absolute atomic E-state index is 0.0954. The number of rotatable bonds is 3. The van der Waals surface area contributed by atoms with Crippen molar-refractivity contribution in [3.05, 3.63) is 62.3 Å². The van der Waals surface area contributed by atoms with E-state index in [1.807, 2.05) is 31.2 Å². The van der Waals surface area contributed by atoms with Crippen molar-refractivity contribution in [2.75, 3.05) is 0 Å². The number of nitrogens with one attached hydrogen (secondary N) is 1. The minimum Gasteiger partial charge on any atom is -0.345 e. The maximum atomic E-state index is 12.1. The second-order valence-electron chi connectivity index (χ2n) is 4.22. The molecule has 0 radical (unpaired) electrons. The molecule has 0 saturated heterocycles. The second kappa shape index (κ2) is 6.57. The summed E-state index contributed by atoms with van der Waals surface area (Å²) in [4.78, 5) is 16.0. The molecular weight excluding hydrogens is 363 g/mol. The van der Waals surface area contributed by atoms with Crippen LogP contribution in [0.25, 0.3) is 0 Å². The Morgan fingerprint density at radius 2 is 1.85 bits per heavy atom. The lowest BCUT2D eigenvalue weighted by atomic mass is 10.1. The second-order valence-corrected chi connectivity index (χ2v) is 5.88. The monoisotopic (exact) mass is 372 g/mol. The molecule has 0 aliphatic rings. The van der Waals surface area contributed by atoms with Crippen molar-refractivity contribution in [2.24, 2.45) is 0 Å². The lowest BCUT2D eigenvalue weighted by Gasteiger charge is -2.15. The zero-order valence-corrected chi connectivity index (χ0v) is 13.6. The van der Waals surface area contributed by atoms with E-state index in [0.717, 1.165) is 10.0 Å². The van der Waals surface area contributed by atoms with Crippen LogP contribution in [-0.4, -0.2) is 10.9 Å². The fourth-order valence-electron chi connectivity index (χ4n) is 1.69. The number of carbonyl (C=O) groups is 1. The topological polar surface area (TPSA) is 42.0 Å². The molecule has 104 valence electrons. The Morgan fingerprint density at radius 3 is 2.45 bits per heavy atom. The van der Waals surface area contributed by atoms with Crippen LogP contribution in [0.4, 0.5) is 0 Å². The Kier molecular flexibility index (Phi) is 5.02. The smallest absolute Gasteiger partial charge is 0.254 e. The Hall–Kier alpha value is -1.10. The summed E-state index contributed by atoms with van der Waals surface area (Å²) in [6.07, 6.45) is 0. The summed E-state index contributed by atoms with van der Waals surface area (Å²) in [5.74, 6) is -0.283. The van der Waals surface area contributed by atoms with Crippen molar-refractivity contribution in [1.29, 1.82) is 0 Å². The van der Waals surface area contributed by atoms with Crippen LogP contribution in [0.5, 0.6) is 0 Å². The largest absolute Gasteiger partial charge is 0.345 e. The molecular formula is C14H11BrCl2N2O. The van der Waals surface area contributed by atoms with E-state index in [4.69, 9.17) is 23.2 Å². The van der Waals surface area contributed by atoms with Crippen LogP contribution in [0.2, 0.25) is 10.3 Å². The molecule has 3 nitrogen and oxygen atoms in total. The molecule has 2 rings (SSSR count). The summed E-state index contributed by atoms with van der Waals surface area (Å²) in [5.41, 5.74) is 1.31. The van der Waals surface area contributed by atoms with Gasteiger partial charge in [-0.15, -0.1) is 0 Å². The molecule has 1 aromatic heterocycles. The van der Waals surface area contributed by atoms with Crippen molar-refractivity contribution in [2.45, 2.75) is 13.0 Å². The van der Waals surface area contributed by atoms with Crippen LogP contribution in [-0.2, 0) is 0 Å². The molecule has 1 amide bonds. The van der Waals surface area contributed by atoms with Crippen molar-refractivity contribution in [1.82, 2.24) is 10.3 Å². The summed E-state index contributed by atoms with van der Waals surface area (Å²) in [5, 5.41) is 3.22. The number of pyridine rings is 1. The average Bonchev–Trinajstić information content (AvgIpc) is 2.39. The molecule has 1 heterocycles. The van der Waals surface area contributed by atoms with Gasteiger partial charge in [0, 0.05) is 4.47 Å². The van der Waals surface area contributed by atoms with E-state index in [2.05, 4.69) is 26.2 Å². The van der Waals surface area contributed by atoms with Crippen LogP contribution >= 0.6 is 39.1 Å². The molecule has 0 spiro atoms. The molecule has 0 unspecified atom stereocenters. The molecule has 0 saturated carbocycles. The third kappa shape index (κ3) is 3.72. The van der Waals surface area contributed by atoms with E-state index in [-0.39, 0.29) is 22.3 Å². The molecule has 1 N–H and O–H groups in total. The normalized spacial score (nSPS) is 12.0. The highest BCUT2D eigenvalue weighted by Crippen LogP contribution is 2.20. The minimum atomic E-state index is -0.283. The Labute approximate surface area is 135 Å². The molecule has 0 aliphatic carbocycles. The lowest BCUT2D eigenvalue weighted by Crippen LogP contribution is -2.27. The first-order valence-corrected chi connectivity index (χ1v) is 7.40. The Bertz CT molecular complexity index is 632. The van der Waals surface area contributed by atoms with Gasteiger partial charge in [-0.1, -0.05) is 51.3 Å². The van der Waals surface area contributed by atoms with Crippen LogP contribution < -0.4 is 5.32 Å². The van der Waals surface area contributed by atoms with E-state index in [1.54, 1.807) is 6.07 Å².